The van der Waals surface area contributed by atoms with Crippen molar-refractivity contribution in [2.45, 2.75) is 51.1 Å². The third-order valence-corrected chi connectivity index (χ3v) is 6.56. The zero-order valence-corrected chi connectivity index (χ0v) is 17.2. The number of carbonyl (C=O) groups is 2. The van der Waals surface area contributed by atoms with Crippen molar-refractivity contribution in [3.8, 4) is 0 Å². The Morgan fingerprint density at radius 2 is 2.11 bits per heavy atom. The van der Waals surface area contributed by atoms with E-state index in [9.17, 15) is 9.59 Å². The molecule has 0 aromatic carbocycles. The summed E-state index contributed by atoms with van der Waals surface area (Å²) in [6.45, 7) is 5.94. The molecule has 8 nitrogen and oxygen atoms in total. The number of hydrogen-bond donors (Lipinski definition) is 2. The normalized spacial score (nSPS) is 13.6. The van der Waals surface area contributed by atoms with Crippen LogP contribution in [0.4, 0.5) is 5.00 Å². The molecule has 0 bridgehead atoms. The van der Waals surface area contributed by atoms with Crippen LogP contribution in [0.1, 0.15) is 59.2 Å². The molecular weight excluding hydrogens is 386 g/mol. The summed E-state index contributed by atoms with van der Waals surface area (Å²) in [5.41, 5.74) is 1.30. The Morgan fingerprint density at radius 3 is 2.74 bits per heavy atom. The fourth-order valence-corrected chi connectivity index (χ4v) is 4.55. The minimum absolute atomic E-state index is 0.126. The van der Waals surface area contributed by atoms with Gasteiger partial charge in [-0.1, -0.05) is 18.7 Å². The number of aryl methyl sites for hydroxylation is 1. The van der Waals surface area contributed by atoms with Gasteiger partial charge in [0.1, 0.15) is 5.00 Å². The average molecular weight is 410 g/mol. The predicted octanol–water partition coefficient (Wildman–Crippen LogP) is 2.71. The number of ether oxygens (including phenoxy) is 1. The van der Waals surface area contributed by atoms with Crippen molar-refractivity contribution >= 4 is 40.0 Å². The number of nitrogens with two attached hydrogens (primary N) is 1. The number of thiophene rings is 1. The number of esters is 1. The van der Waals surface area contributed by atoms with Crippen LogP contribution < -0.4 is 11.2 Å². The van der Waals surface area contributed by atoms with E-state index in [-0.39, 0.29) is 18.3 Å². The van der Waals surface area contributed by atoms with Crippen LogP contribution in [-0.4, -0.2) is 39.1 Å². The van der Waals surface area contributed by atoms with Gasteiger partial charge in [0, 0.05) is 10.8 Å². The summed E-state index contributed by atoms with van der Waals surface area (Å²) in [5, 5.41) is 12.0. The molecule has 0 atom stereocenters. The van der Waals surface area contributed by atoms with Gasteiger partial charge in [-0.25, -0.2) is 9.47 Å². The third-order valence-electron chi connectivity index (χ3n) is 4.26. The summed E-state index contributed by atoms with van der Waals surface area (Å²) in [6, 6.07) is 0. The van der Waals surface area contributed by atoms with Gasteiger partial charge in [0.2, 0.25) is 11.1 Å². The molecular formula is C17H23N5O3S2. The van der Waals surface area contributed by atoms with E-state index in [1.807, 2.05) is 13.8 Å². The van der Waals surface area contributed by atoms with Gasteiger partial charge in [-0.15, -0.1) is 21.5 Å². The van der Waals surface area contributed by atoms with Gasteiger partial charge in [-0.2, -0.15) is 0 Å². The van der Waals surface area contributed by atoms with Gasteiger partial charge in [0.05, 0.1) is 17.9 Å². The SMILES string of the molecule is CCOC(=O)c1c(NC(=O)CSc2nnc(C3CC3)n2N)sc(CC)c1C. The largest absolute Gasteiger partial charge is 0.462 e. The van der Waals surface area contributed by atoms with E-state index in [0.29, 0.717) is 21.6 Å². The molecule has 1 aliphatic rings. The molecule has 0 unspecified atom stereocenters. The van der Waals surface area contributed by atoms with E-state index < -0.39 is 5.97 Å². The Balaban J connectivity index is 1.67. The number of carbonyl (C=O) groups excluding carboxylic acids is 2. The van der Waals surface area contributed by atoms with Gasteiger partial charge in [0.15, 0.2) is 5.82 Å². The number of amides is 1. The maximum Gasteiger partial charge on any atom is 0.341 e. The van der Waals surface area contributed by atoms with Gasteiger partial charge >= 0.3 is 5.97 Å². The van der Waals surface area contributed by atoms with Crippen molar-refractivity contribution in [3.63, 3.8) is 0 Å². The van der Waals surface area contributed by atoms with Gasteiger partial charge < -0.3 is 15.9 Å². The van der Waals surface area contributed by atoms with E-state index in [1.165, 1.54) is 27.8 Å². The molecule has 1 fully saturated rings. The fraction of sp³-hybridized carbons (Fsp3) is 0.529. The maximum absolute atomic E-state index is 12.4. The molecule has 1 saturated carbocycles. The van der Waals surface area contributed by atoms with E-state index in [0.717, 1.165) is 35.5 Å². The Labute approximate surface area is 165 Å². The quantitative estimate of drug-likeness (QED) is 0.391. The zero-order valence-electron chi connectivity index (χ0n) is 15.6. The Morgan fingerprint density at radius 1 is 1.37 bits per heavy atom. The number of hydrogen-bond acceptors (Lipinski definition) is 8. The lowest BCUT2D eigenvalue weighted by Crippen LogP contribution is -2.18. The molecule has 2 heterocycles. The topological polar surface area (TPSA) is 112 Å². The monoisotopic (exact) mass is 409 g/mol. The molecule has 0 saturated heterocycles. The lowest BCUT2D eigenvalue weighted by atomic mass is 10.1. The van der Waals surface area contributed by atoms with Crippen molar-refractivity contribution in [3.05, 3.63) is 21.8 Å². The predicted molar refractivity (Wildman–Crippen MR) is 106 cm³/mol. The lowest BCUT2D eigenvalue weighted by molar-refractivity contribution is -0.113. The summed E-state index contributed by atoms with van der Waals surface area (Å²) in [5.74, 6) is 6.64. The van der Waals surface area contributed by atoms with Crippen molar-refractivity contribution in [2.75, 3.05) is 23.5 Å². The van der Waals surface area contributed by atoms with Crippen LogP contribution in [0.2, 0.25) is 0 Å². The highest BCUT2D eigenvalue weighted by Gasteiger charge is 2.30. The van der Waals surface area contributed by atoms with E-state index in [1.54, 1.807) is 6.92 Å². The Hall–Kier alpha value is -2.07. The molecule has 0 radical (unpaired) electrons. The van der Waals surface area contributed by atoms with Gasteiger partial charge in [-0.3, -0.25) is 4.79 Å². The summed E-state index contributed by atoms with van der Waals surface area (Å²) in [7, 11) is 0. The molecule has 1 aliphatic carbocycles. The van der Waals surface area contributed by atoms with Crippen molar-refractivity contribution in [1.29, 1.82) is 0 Å². The van der Waals surface area contributed by atoms with E-state index >= 15 is 0 Å². The minimum Gasteiger partial charge on any atom is -0.462 e. The molecule has 0 spiro atoms. The number of aromatic nitrogens is 3. The number of rotatable bonds is 8. The lowest BCUT2D eigenvalue weighted by Gasteiger charge is -2.07. The van der Waals surface area contributed by atoms with Crippen molar-refractivity contribution < 1.29 is 14.3 Å². The first-order chi connectivity index (χ1) is 13.0. The number of thioether (sulfide) groups is 1. The molecule has 2 aromatic rings. The molecule has 3 rings (SSSR count). The highest BCUT2D eigenvalue weighted by atomic mass is 32.2. The van der Waals surface area contributed by atoms with Crippen LogP contribution in [0.5, 0.6) is 0 Å². The number of anilines is 1. The third kappa shape index (κ3) is 4.27. The maximum atomic E-state index is 12.4. The summed E-state index contributed by atoms with van der Waals surface area (Å²) >= 11 is 2.63. The molecule has 10 heteroatoms. The van der Waals surface area contributed by atoms with Crippen LogP contribution >= 0.6 is 23.1 Å². The highest BCUT2D eigenvalue weighted by Crippen LogP contribution is 2.39. The summed E-state index contributed by atoms with van der Waals surface area (Å²) in [6.07, 6.45) is 2.94. The zero-order chi connectivity index (χ0) is 19.6. The van der Waals surface area contributed by atoms with Gasteiger partial charge in [-0.05, 0) is 38.7 Å². The van der Waals surface area contributed by atoms with E-state index in [2.05, 4.69) is 15.5 Å². The first-order valence-corrected chi connectivity index (χ1v) is 10.7. The molecule has 146 valence electrons. The average Bonchev–Trinajstić information content (AvgIpc) is 3.33. The van der Waals surface area contributed by atoms with Crippen LogP contribution in [0.3, 0.4) is 0 Å². The van der Waals surface area contributed by atoms with Crippen molar-refractivity contribution in [1.82, 2.24) is 14.9 Å². The van der Waals surface area contributed by atoms with E-state index in [4.69, 9.17) is 10.6 Å². The number of nitrogens with zero attached hydrogens (tertiary/aromatic N) is 3. The minimum atomic E-state index is -0.412. The Kier molecular flexibility index (Phi) is 6.05. The standard InChI is InChI=1S/C17H23N5O3S2/c1-4-11-9(3)13(16(24)25-5-2)15(27-11)19-12(23)8-26-17-21-20-14(22(17)18)10-6-7-10/h10H,4-8,18H2,1-3H3,(H,19,23). The Bertz CT molecular complexity index is 857. The second kappa shape index (κ2) is 8.30. The molecule has 2 aromatic heterocycles. The second-order valence-corrected chi connectivity index (χ2v) is 8.30. The molecule has 27 heavy (non-hydrogen) atoms. The van der Waals surface area contributed by atoms with Crippen LogP contribution in [0.25, 0.3) is 0 Å². The van der Waals surface area contributed by atoms with Crippen LogP contribution in [-0.2, 0) is 16.0 Å². The summed E-state index contributed by atoms with van der Waals surface area (Å²) in [4.78, 5) is 25.8. The van der Waals surface area contributed by atoms with Crippen LogP contribution in [0, 0.1) is 6.92 Å². The summed E-state index contributed by atoms with van der Waals surface area (Å²) < 4.78 is 6.60. The first kappa shape index (κ1) is 19.7. The first-order valence-electron chi connectivity index (χ1n) is 8.88. The fourth-order valence-electron chi connectivity index (χ4n) is 2.73. The molecule has 1 amide bonds. The van der Waals surface area contributed by atoms with Crippen molar-refractivity contribution in [2.24, 2.45) is 0 Å². The number of nitrogen functional groups attached to an aromatic ring is 1. The molecule has 0 aliphatic heterocycles. The second-order valence-electron chi connectivity index (χ2n) is 6.25. The number of nitrogens with one attached hydrogen (secondary N) is 1. The van der Waals surface area contributed by atoms with Crippen LogP contribution in [0.15, 0.2) is 5.16 Å². The molecule has 3 N–H and O–H groups in total. The van der Waals surface area contributed by atoms with Gasteiger partial charge in [0.25, 0.3) is 0 Å². The smallest absolute Gasteiger partial charge is 0.341 e. The highest BCUT2D eigenvalue weighted by molar-refractivity contribution is 7.99.